The quantitative estimate of drug-likeness (QED) is 0.709. The van der Waals surface area contributed by atoms with E-state index in [0.29, 0.717) is 13.1 Å². The van der Waals surface area contributed by atoms with Crippen LogP contribution in [0.1, 0.15) is 19.3 Å². The fraction of sp³-hybridized carbons (Fsp3) is 0.818. The Labute approximate surface area is 100 Å². The summed E-state index contributed by atoms with van der Waals surface area (Å²) in [4.78, 5) is 26.0. The predicted octanol–water partition coefficient (Wildman–Crippen LogP) is -0.0640. The molecule has 0 atom stereocenters. The summed E-state index contributed by atoms with van der Waals surface area (Å²) in [5, 5.41) is 8.62. The second-order valence-electron chi connectivity index (χ2n) is 4.98. The first-order valence-electron chi connectivity index (χ1n) is 6.07. The van der Waals surface area contributed by atoms with Crippen LogP contribution in [0.25, 0.3) is 0 Å². The number of nitrogens with zero attached hydrogens (tertiary/aromatic N) is 2. The Bertz CT molecular complexity index is 307. The summed E-state index contributed by atoms with van der Waals surface area (Å²) in [5.74, 6) is -0.658. The highest BCUT2D eigenvalue weighted by molar-refractivity contribution is 5.76. The summed E-state index contributed by atoms with van der Waals surface area (Å²) in [6.07, 6.45) is 1.88. The van der Waals surface area contributed by atoms with Crippen molar-refractivity contribution in [2.45, 2.75) is 25.3 Å². The molecule has 2 rings (SSSR count). The van der Waals surface area contributed by atoms with Gasteiger partial charge >= 0.3 is 12.0 Å². The minimum Gasteiger partial charge on any atom is -0.481 e. The first-order chi connectivity index (χ1) is 8.06. The van der Waals surface area contributed by atoms with Crippen LogP contribution in [0, 0.1) is 5.92 Å². The van der Waals surface area contributed by atoms with Crippen molar-refractivity contribution in [1.82, 2.24) is 9.80 Å². The van der Waals surface area contributed by atoms with E-state index in [1.165, 1.54) is 0 Å². The van der Waals surface area contributed by atoms with Crippen molar-refractivity contribution < 1.29 is 14.7 Å². The molecule has 0 aromatic carbocycles. The number of aliphatic carboxylic acids is 1. The average molecular weight is 241 g/mol. The van der Waals surface area contributed by atoms with E-state index in [0.717, 1.165) is 25.9 Å². The molecule has 0 aromatic rings. The number of carboxylic acids is 1. The van der Waals surface area contributed by atoms with Gasteiger partial charge in [0.25, 0.3) is 0 Å². The SMILES string of the molecule is NC1CCN(C(=O)N2CC(CC(=O)O)C2)CC1. The van der Waals surface area contributed by atoms with E-state index in [1.807, 2.05) is 4.90 Å². The maximum absolute atomic E-state index is 12.0. The topological polar surface area (TPSA) is 86.9 Å². The van der Waals surface area contributed by atoms with Crippen molar-refractivity contribution in [1.29, 1.82) is 0 Å². The second kappa shape index (κ2) is 4.91. The lowest BCUT2D eigenvalue weighted by molar-refractivity contribution is -0.139. The minimum atomic E-state index is -0.786. The van der Waals surface area contributed by atoms with Crippen LogP contribution in [0.4, 0.5) is 4.79 Å². The molecule has 0 radical (unpaired) electrons. The normalized spacial score (nSPS) is 22.4. The lowest BCUT2D eigenvalue weighted by atomic mass is 9.96. The van der Waals surface area contributed by atoms with Gasteiger partial charge in [0, 0.05) is 38.1 Å². The standard InChI is InChI=1S/C11H19N3O3/c12-9-1-3-13(4-2-9)11(17)14-6-8(7-14)5-10(15)16/h8-9H,1-7,12H2,(H,15,16). The van der Waals surface area contributed by atoms with Crippen LogP contribution < -0.4 is 5.73 Å². The lowest BCUT2D eigenvalue weighted by Gasteiger charge is -2.42. The van der Waals surface area contributed by atoms with Crippen LogP contribution in [0.3, 0.4) is 0 Å². The van der Waals surface area contributed by atoms with E-state index in [1.54, 1.807) is 4.90 Å². The highest BCUT2D eigenvalue weighted by Gasteiger charge is 2.35. The Balaban J connectivity index is 1.73. The largest absolute Gasteiger partial charge is 0.481 e. The van der Waals surface area contributed by atoms with Crippen molar-refractivity contribution in [3.05, 3.63) is 0 Å². The fourth-order valence-electron chi connectivity index (χ4n) is 2.39. The number of urea groups is 1. The summed E-state index contributed by atoms with van der Waals surface area (Å²) in [7, 11) is 0. The molecule has 2 saturated heterocycles. The molecule has 0 bridgehead atoms. The van der Waals surface area contributed by atoms with Gasteiger partial charge in [-0.2, -0.15) is 0 Å². The number of piperidine rings is 1. The third-order valence-electron chi connectivity index (χ3n) is 3.50. The van der Waals surface area contributed by atoms with Gasteiger partial charge in [-0.3, -0.25) is 4.79 Å². The maximum Gasteiger partial charge on any atom is 0.320 e. The van der Waals surface area contributed by atoms with E-state index in [2.05, 4.69) is 0 Å². The molecule has 0 saturated carbocycles. The van der Waals surface area contributed by atoms with E-state index < -0.39 is 5.97 Å². The van der Waals surface area contributed by atoms with Crippen molar-refractivity contribution in [3.63, 3.8) is 0 Å². The van der Waals surface area contributed by atoms with Gasteiger partial charge in [-0.1, -0.05) is 0 Å². The highest BCUT2D eigenvalue weighted by atomic mass is 16.4. The first-order valence-corrected chi connectivity index (χ1v) is 6.07. The van der Waals surface area contributed by atoms with E-state index >= 15 is 0 Å². The van der Waals surface area contributed by atoms with Gasteiger partial charge in [-0.25, -0.2) is 4.79 Å². The summed E-state index contributed by atoms with van der Waals surface area (Å²) in [5.41, 5.74) is 5.78. The van der Waals surface area contributed by atoms with Gasteiger partial charge in [0.15, 0.2) is 0 Å². The van der Waals surface area contributed by atoms with Crippen molar-refractivity contribution in [3.8, 4) is 0 Å². The molecule has 6 heteroatoms. The summed E-state index contributed by atoms with van der Waals surface area (Å²) < 4.78 is 0. The Kier molecular flexibility index (Phi) is 3.51. The molecule has 17 heavy (non-hydrogen) atoms. The van der Waals surface area contributed by atoms with E-state index in [9.17, 15) is 9.59 Å². The number of carbonyl (C=O) groups is 2. The number of nitrogens with two attached hydrogens (primary N) is 1. The molecule has 3 N–H and O–H groups in total. The van der Waals surface area contributed by atoms with Gasteiger partial charge in [-0.15, -0.1) is 0 Å². The monoisotopic (exact) mass is 241 g/mol. The van der Waals surface area contributed by atoms with E-state index in [4.69, 9.17) is 10.8 Å². The molecule has 0 spiro atoms. The minimum absolute atomic E-state index is 0.0403. The summed E-state index contributed by atoms with van der Waals surface area (Å²) in [6, 6.07) is 0.258. The van der Waals surface area contributed by atoms with Gasteiger partial charge in [0.2, 0.25) is 0 Å². The molecular formula is C11H19N3O3. The lowest BCUT2D eigenvalue weighted by Crippen LogP contribution is -2.57. The van der Waals surface area contributed by atoms with Crippen LogP contribution in [-0.2, 0) is 4.79 Å². The molecular weight excluding hydrogens is 222 g/mol. The third-order valence-corrected chi connectivity index (χ3v) is 3.50. The van der Waals surface area contributed by atoms with E-state index in [-0.39, 0.29) is 24.4 Å². The Morgan fingerprint density at radius 3 is 2.29 bits per heavy atom. The van der Waals surface area contributed by atoms with Gasteiger partial charge in [0.1, 0.15) is 0 Å². The zero-order valence-corrected chi connectivity index (χ0v) is 9.84. The number of carboxylic acid groups (broad SMARTS) is 1. The number of hydrogen-bond acceptors (Lipinski definition) is 3. The Hall–Kier alpha value is -1.30. The second-order valence-corrected chi connectivity index (χ2v) is 4.98. The van der Waals surface area contributed by atoms with Crippen LogP contribution in [0.2, 0.25) is 0 Å². The molecule has 0 aliphatic carbocycles. The number of rotatable bonds is 2. The zero-order valence-electron chi connectivity index (χ0n) is 9.84. The van der Waals surface area contributed by atoms with Crippen LogP contribution in [0.5, 0.6) is 0 Å². The number of hydrogen-bond donors (Lipinski definition) is 2. The highest BCUT2D eigenvalue weighted by Crippen LogP contribution is 2.21. The molecule has 6 nitrogen and oxygen atoms in total. The maximum atomic E-state index is 12.0. The van der Waals surface area contributed by atoms with Crippen molar-refractivity contribution in [2.75, 3.05) is 26.2 Å². The van der Waals surface area contributed by atoms with Crippen molar-refractivity contribution >= 4 is 12.0 Å². The smallest absolute Gasteiger partial charge is 0.320 e. The van der Waals surface area contributed by atoms with Crippen molar-refractivity contribution in [2.24, 2.45) is 11.7 Å². The molecule has 2 heterocycles. The van der Waals surface area contributed by atoms with Gasteiger partial charge in [-0.05, 0) is 12.8 Å². The molecule has 0 unspecified atom stereocenters. The number of amides is 2. The van der Waals surface area contributed by atoms with Gasteiger partial charge in [0.05, 0.1) is 6.42 Å². The molecule has 2 amide bonds. The third kappa shape index (κ3) is 2.88. The average Bonchev–Trinajstić information content (AvgIpc) is 2.23. The molecule has 96 valence electrons. The molecule has 2 aliphatic heterocycles. The fourth-order valence-corrected chi connectivity index (χ4v) is 2.39. The Morgan fingerprint density at radius 2 is 1.76 bits per heavy atom. The molecule has 2 aliphatic rings. The predicted molar refractivity (Wildman–Crippen MR) is 61.5 cm³/mol. The van der Waals surface area contributed by atoms with Gasteiger partial charge < -0.3 is 20.6 Å². The Morgan fingerprint density at radius 1 is 1.18 bits per heavy atom. The van der Waals surface area contributed by atoms with Crippen LogP contribution >= 0.6 is 0 Å². The van der Waals surface area contributed by atoms with Crippen LogP contribution in [-0.4, -0.2) is 59.1 Å². The number of carbonyl (C=O) groups excluding carboxylic acids is 1. The number of likely N-dealkylation sites (tertiary alicyclic amines) is 2. The zero-order chi connectivity index (χ0) is 12.4. The molecule has 2 fully saturated rings. The first kappa shape index (κ1) is 12.2. The summed E-state index contributed by atoms with van der Waals surface area (Å²) >= 11 is 0. The van der Waals surface area contributed by atoms with Crippen LogP contribution in [0.15, 0.2) is 0 Å². The molecule has 0 aromatic heterocycles. The summed E-state index contributed by atoms with van der Waals surface area (Å²) in [6.45, 7) is 2.60.